The number of nitrogens with two attached hydrogens (primary N) is 1. The van der Waals surface area contributed by atoms with Crippen molar-refractivity contribution in [2.24, 2.45) is 0 Å². The third kappa shape index (κ3) is 1.01. The number of rotatable bonds is 0. The Bertz CT molecular complexity index is 387. The highest BCUT2D eigenvalue weighted by molar-refractivity contribution is 5.60. The van der Waals surface area contributed by atoms with E-state index in [0.717, 1.165) is 49.4 Å². The van der Waals surface area contributed by atoms with Crippen molar-refractivity contribution in [1.29, 1.82) is 0 Å². The van der Waals surface area contributed by atoms with Crippen molar-refractivity contribution in [3.8, 4) is 5.88 Å². The quantitative estimate of drug-likeness (QED) is 0.674. The minimum absolute atomic E-state index is 0.790. The van der Waals surface area contributed by atoms with Gasteiger partial charge >= 0.3 is 0 Å². The molecule has 0 spiro atoms. The smallest absolute Gasteiger partial charge is 0.218 e. The summed E-state index contributed by atoms with van der Waals surface area (Å²) in [5.41, 5.74) is 10.7. The van der Waals surface area contributed by atoms with Crippen LogP contribution in [0.3, 0.4) is 0 Å². The van der Waals surface area contributed by atoms with E-state index in [9.17, 15) is 0 Å². The van der Waals surface area contributed by atoms with Crippen LogP contribution in [0.4, 0.5) is 5.69 Å². The second-order valence-corrected chi connectivity index (χ2v) is 4.04. The Balaban J connectivity index is 2.20. The van der Waals surface area contributed by atoms with Gasteiger partial charge in [-0.25, -0.2) is 4.98 Å². The lowest BCUT2D eigenvalue weighted by atomic mass is 10.0. The predicted molar refractivity (Wildman–Crippen MR) is 54.5 cm³/mol. The zero-order valence-electron chi connectivity index (χ0n) is 8.18. The average molecular weight is 190 g/mol. The van der Waals surface area contributed by atoms with Crippen LogP contribution < -0.4 is 10.5 Å². The molecule has 0 unspecified atom stereocenters. The summed E-state index contributed by atoms with van der Waals surface area (Å²) in [6.45, 7) is 0.790. The van der Waals surface area contributed by atoms with E-state index in [4.69, 9.17) is 10.5 Å². The first kappa shape index (κ1) is 8.09. The SMILES string of the molecule is Nc1c2c(nc3c1CCCO3)CCC2. The normalized spacial score (nSPS) is 18.6. The molecule has 1 aromatic rings. The molecule has 0 amide bonds. The lowest BCUT2D eigenvalue weighted by Crippen LogP contribution is -2.14. The molecule has 0 bridgehead atoms. The summed E-state index contributed by atoms with van der Waals surface area (Å²) in [4.78, 5) is 4.55. The minimum atomic E-state index is 0.790. The third-order valence-electron chi connectivity index (χ3n) is 3.14. The number of hydrogen-bond donors (Lipinski definition) is 1. The van der Waals surface area contributed by atoms with E-state index in [-0.39, 0.29) is 0 Å². The van der Waals surface area contributed by atoms with Crippen LogP contribution in [0.25, 0.3) is 0 Å². The first-order valence-corrected chi connectivity index (χ1v) is 5.29. The van der Waals surface area contributed by atoms with Crippen LogP contribution in [-0.2, 0) is 19.3 Å². The minimum Gasteiger partial charge on any atom is -0.477 e. The Morgan fingerprint density at radius 2 is 1.93 bits per heavy atom. The highest BCUT2D eigenvalue weighted by Gasteiger charge is 2.23. The second kappa shape index (κ2) is 2.87. The lowest BCUT2D eigenvalue weighted by molar-refractivity contribution is 0.276. The Morgan fingerprint density at radius 1 is 1.07 bits per heavy atom. The molecule has 0 saturated heterocycles. The van der Waals surface area contributed by atoms with Crippen LogP contribution in [0.15, 0.2) is 0 Å². The van der Waals surface area contributed by atoms with Crippen LogP contribution in [0.2, 0.25) is 0 Å². The van der Waals surface area contributed by atoms with Crippen LogP contribution >= 0.6 is 0 Å². The summed E-state index contributed by atoms with van der Waals surface area (Å²) in [6.07, 6.45) is 5.45. The summed E-state index contributed by atoms with van der Waals surface area (Å²) in [6, 6.07) is 0. The van der Waals surface area contributed by atoms with Gasteiger partial charge in [0.05, 0.1) is 6.61 Å². The van der Waals surface area contributed by atoms with Crippen molar-refractivity contribution in [3.63, 3.8) is 0 Å². The number of aryl methyl sites for hydroxylation is 1. The van der Waals surface area contributed by atoms with Gasteiger partial charge < -0.3 is 10.5 Å². The molecule has 1 aromatic heterocycles. The molecule has 3 rings (SSSR count). The summed E-state index contributed by atoms with van der Waals surface area (Å²) in [7, 11) is 0. The number of anilines is 1. The topological polar surface area (TPSA) is 48.1 Å². The van der Waals surface area contributed by atoms with E-state index < -0.39 is 0 Å². The van der Waals surface area contributed by atoms with Crippen molar-refractivity contribution in [3.05, 3.63) is 16.8 Å². The molecule has 0 atom stereocenters. The molecule has 3 heteroatoms. The van der Waals surface area contributed by atoms with E-state index in [2.05, 4.69) is 4.98 Å². The van der Waals surface area contributed by atoms with Crippen LogP contribution in [-0.4, -0.2) is 11.6 Å². The highest BCUT2D eigenvalue weighted by atomic mass is 16.5. The molecule has 2 aliphatic rings. The average Bonchev–Trinajstić information content (AvgIpc) is 2.66. The molecule has 14 heavy (non-hydrogen) atoms. The van der Waals surface area contributed by atoms with Crippen LogP contribution in [0.5, 0.6) is 5.88 Å². The van der Waals surface area contributed by atoms with Crippen molar-refractivity contribution in [2.75, 3.05) is 12.3 Å². The Labute approximate surface area is 83.3 Å². The number of nitrogen functional groups attached to an aromatic ring is 1. The number of ether oxygens (including phenoxy) is 1. The molecule has 1 aliphatic carbocycles. The first-order chi connectivity index (χ1) is 6.86. The first-order valence-electron chi connectivity index (χ1n) is 5.29. The van der Waals surface area contributed by atoms with Crippen molar-refractivity contribution in [1.82, 2.24) is 4.98 Å². The predicted octanol–water partition coefficient (Wildman–Crippen LogP) is 1.48. The summed E-state index contributed by atoms with van der Waals surface area (Å²) in [5, 5.41) is 0. The zero-order chi connectivity index (χ0) is 9.54. The second-order valence-electron chi connectivity index (χ2n) is 4.04. The number of hydrogen-bond acceptors (Lipinski definition) is 3. The molecule has 0 radical (unpaired) electrons. The molecule has 1 aliphatic heterocycles. The maximum atomic E-state index is 6.14. The summed E-state index contributed by atoms with van der Waals surface area (Å²) < 4.78 is 5.54. The summed E-state index contributed by atoms with van der Waals surface area (Å²) >= 11 is 0. The van der Waals surface area contributed by atoms with Gasteiger partial charge in [0.15, 0.2) is 0 Å². The van der Waals surface area contributed by atoms with E-state index in [0.29, 0.717) is 0 Å². The monoisotopic (exact) mass is 190 g/mol. The number of fused-ring (bicyclic) bond motifs is 2. The largest absolute Gasteiger partial charge is 0.477 e. The molecule has 74 valence electrons. The van der Waals surface area contributed by atoms with Crippen molar-refractivity contribution < 1.29 is 4.74 Å². The van der Waals surface area contributed by atoms with E-state index in [1.165, 1.54) is 17.7 Å². The van der Waals surface area contributed by atoms with Gasteiger partial charge in [0.25, 0.3) is 0 Å². The Kier molecular flexibility index (Phi) is 1.66. The standard InChI is InChI=1S/C11H14N2O/c12-10-7-3-1-5-9(7)13-11-8(10)4-2-6-14-11/h1-6H2,(H2,12,13). The third-order valence-corrected chi connectivity index (χ3v) is 3.14. The fraction of sp³-hybridized carbons (Fsp3) is 0.545. The lowest BCUT2D eigenvalue weighted by Gasteiger charge is -2.19. The van der Waals surface area contributed by atoms with Gasteiger partial charge in [0.2, 0.25) is 5.88 Å². The Morgan fingerprint density at radius 3 is 2.86 bits per heavy atom. The molecule has 0 fully saturated rings. The molecule has 3 nitrogen and oxygen atoms in total. The van der Waals surface area contributed by atoms with Gasteiger partial charge in [-0.1, -0.05) is 0 Å². The van der Waals surface area contributed by atoms with Gasteiger partial charge in [-0.2, -0.15) is 0 Å². The van der Waals surface area contributed by atoms with Crippen molar-refractivity contribution in [2.45, 2.75) is 32.1 Å². The van der Waals surface area contributed by atoms with Gasteiger partial charge in [0.1, 0.15) is 0 Å². The van der Waals surface area contributed by atoms with E-state index in [1.54, 1.807) is 0 Å². The number of nitrogens with zero attached hydrogens (tertiary/aromatic N) is 1. The maximum Gasteiger partial charge on any atom is 0.218 e. The molecular formula is C11H14N2O. The van der Waals surface area contributed by atoms with Crippen LogP contribution in [0, 0.1) is 0 Å². The van der Waals surface area contributed by atoms with Gasteiger partial charge in [-0.3, -0.25) is 0 Å². The van der Waals surface area contributed by atoms with Gasteiger partial charge in [-0.05, 0) is 37.7 Å². The fourth-order valence-electron chi connectivity index (χ4n) is 2.41. The number of aromatic nitrogens is 1. The maximum absolute atomic E-state index is 6.14. The van der Waals surface area contributed by atoms with Crippen molar-refractivity contribution >= 4 is 5.69 Å². The number of pyridine rings is 1. The van der Waals surface area contributed by atoms with Gasteiger partial charge in [-0.15, -0.1) is 0 Å². The zero-order valence-corrected chi connectivity index (χ0v) is 8.18. The van der Waals surface area contributed by atoms with Crippen LogP contribution in [0.1, 0.15) is 29.7 Å². The fourth-order valence-corrected chi connectivity index (χ4v) is 2.41. The molecule has 2 heterocycles. The molecule has 0 saturated carbocycles. The van der Waals surface area contributed by atoms with Gasteiger partial charge in [0, 0.05) is 16.9 Å². The summed E-state index contributed by atoms with van der Waals surface area (Å²) in [5.74, 6) is 0.800. The Hall–Kier alpha value is -1.25. The van der Waals surface area contributed by atoms with E-state index >= 15 is 0 Å². The van der Waals surface area contributed by atoms with E-state index in [1.807, 2.05) is 0 Å². The molecular weight excluding hydrogens is 176 g/mol. The molecule has 0 aromatic carbocycles. The molecule has 2 N–H and O–H groups in total. The highest BCUT2D eigenvalue weighted by Crippen LogP contribution is 2.35.